The Hall–Kier alpha value is -3.07. The molecule has 0 radical (unpaired) electrons. The fourth-order valence-electron chi connectivity index (χ4n) is 9.01. The van der Waals surface area contributed by atoms with Crippen molar-refractivity contribution in [3.63, 3.8) is 0 Å². The van der Waals surface area contributed by atoms with Crippen molar-refractivity contribution in [3.8, 4) is 0 Å². The number of amides is 1. The van der Waals surface area contributed by atoms with E-state index in [0.29, 0.717) is 17.4 Å². The molecule has 1 N–H and O–H groups in total. The normalized spacial score (nSPS) is 14.3. The topological polar surface area (TPSA) is 114 Å². The molecule has 1 amide bonds. The van der Waals surface area contributed by atoms with Crippen molar-refractivity contribution in [3.05, 3.63) is 97.2 Å². The Kier molecular flexibility index (Phi) is 55.9. The van der Waals surface area contributed by atoms with Gasteiger partial charge in [0, 0.05) is 12.8 Å². The smallest absolute Gasteiger partial charge is 0.306 e. The van der Waals surface area contributed by atoms with Gasteiger partial charge in [0.15, 0.2) is 0 Å². The lowest BCUT2D eigenvalue weighted by atomic mass is 10.0. The minimum absolute atomic E-state index is 0.0351. The van der Waals surface area contributed by atoms with Crippen LogP contribution in [0.5, 0.6) is 0 Å². The van der Waals surface area contributed by atoms with Crippen molar-refractivity contribution in [2.45, 2.75) is 290 Å². The van der Waals surface area contributed by atoms with Gasteiger partial charge in [0.05, 0.1) is 33.8 Å². The summed E-state index contributed by atoms with van der Waals surface area (Å²) in [5.74, 6) is -0.623. The minimum Gasteiger partial charge on any atom is -0.756 e. The highest BCUT2D eigenvalue weighted by Gasteiger charge is 2.27. The van der Waals surface area contributed by atoms with Crippen LogP contribution in [0.15, 0.2) is 97.2 Å². The number of phosphoric acid groups is 1. The van der Waals surface area contributed by atoms with Gasteiger partial charge in [-0.1, -0.05) is 266 Å². The molecule has 0 bridgehead atoms. The van der Waals surface area contributed by atoms with Crippen LogP contribution in [0.1, 0.15) is 278 Å². The van der Waals surface area contributed by atoms with Crippen LogP contribution in [0.25, 0.3) is 0 Å². The van der Waals surface area contributed by atoms with Crippen LogP contribution in [0, 0.1) is 0 Å². The van der Waals surface area contributed by atoms with Crippen LogP contribution >= 0.6 is 7.82 Å². The molecule has 79 heavy (non-hydrogen) atoms. The van der Waals surface area contributed by atoms with E-state index in [2.05, 4.69) is 105 Å². The first-order chi connectivity index (χ1) is 38.4. The van der Waals surface area contributed by atoms with Gasteiger partial charge in [-0.15, -0.1) is 0 Å². The molecule has 0 aliphatic carbocycles. The summed E-state index contributed by atoms with van der Waals surface area (Å²) in [6, 6.07) is -0.924. The zero-order valence-corrected chi connectivity index (χ0v) is 52.9. The molecule has 0 rings (SSSR count). The molecular weight excluding hydrogens is 1000 g/mol. The zero-order chi connectivity index (χ0) is 57.9. The number of hydrogen-bond acceptors (Lipinski definition) is 7. The number of hydrogen-bond donors (Lipinski definition) is 1. The largest absolute Gasteiger partial charge is 0.756 e. The number of carbonyl (C=O) groups is 2. The van der Waals surface area contributed by atoms with E-state index >= 15 is 0 Å². The Labute approximate surface area is 488 Å². The Morgan fingerprint density at radius 2 is 0.823 bits per heavy atom. The highest BCUT2D eigenvalue weighted by Crippen LogP contribution is 2.38. The van der Waals surface area contributed by atoms with E-state index in [1.165, 1.54) is 141 Å². The number of rotatable bonds is 58. The highest BCUT2D eigenvalue weighted by atomic mass is 31.2. The van der Waals surface area contributed by atoms with Crippen LogP contribution in [-0.2, 0) is 27.9 Å². The Morgan fingerprint density at radius 3 is 1.24 bits per heavy atom. The van der Waals surface area contributed by atoms with Crippen LogP contribution in [0.2, 0.25) is 0 Å². The SMILES string of the molecule is CC/C=C\C/C=C\C/C=C\C/C=C\C/C=C\CCCCCCCCCCCCCC(=O)OC(/C=C\CCCCCCCCCCCCC)C(COP(=O)([O-])OCC[N+](C)(C)C)NC(=O)CC/C=C/C/C=C\CCCCCCCC. The van der Waals surface area contributed by atoms with Crippen LogP contribution < -0.4 is 10.2 Å². The van der Waals surface area contributed by atoms with Gasteiger partial charge in [0.2, 0.25) is 5.91 Å². The standard InChI is InChI=1S/C69H123N2O7P/c1-7-10-13-16-19-22-25-28-29-30-31-32-33-34-35-36-37-38-39-40-41-44-47-50-53-56-59-62-69(73)78-67(60-57-54-51-48-45-42-26-23-20-17-14-11-8-2)66(65-77-79(74,75)76-64-63-71(4,5)6)70-68(72)61-58-55-52-49-46-43-27-24-21-18-15-12-9-3/h10,13,19,22,28-29,31-32,34-35,43,46,52,55,57,60,66-67H,7-9,11-12,14-18,20-21,23-27,30,33,36-42,44-45,47-51,53-54,56,58-59,61-65H2,1-6H3,(H-,70,72,74,75)/b13-10-,22-19-,29-28-,32-31-,35-34-,46-43-,55-52+,60-57-. The van der Waals surface area contributed by atoms with E-state index in [4.69, 9.17) is 13.8 Å². The van der Waals surface area contributed by atoms with E-state index in [1.54, 1.807) is 0 Å². The Balaban J connectivity index is 5.14. The number of nitrogens with one attached hydrogen (secondary N) is 1. The van der Waals surface area contributed by atoms with Crippen molar-refractivity contribution in [2.75, 3.05) is 40.9 Å². The molecule has 0 saturated carbocycles. The maximum Gasteiger partial charge on any atom is 0.306 e. The molecule has 0 aromatic rings. The monoisotopic (exact) mass is 1120 g/mol. The van der Waals surface area contributed by atoms with Crippen molar-refractivity contribution < 1.29 is 37.3 Å². The molecule has 0 aliphatic heterocycles. The van der Waals surface area contributed by atoms with E-state index in [9.17, 15) is 19.0 Å². The van der Waals surface area contributed by atoms with Crippen molar-refractivity contribution >= 4 is 19.7 Å². The summed E-state index contributed by atoms with van der Waals surface area (Å²) < 4.78 is 30.3. The average Bonchev–Trinajstić information content (AvgIpc) is 3.41. The van der Waals surface area contributed by atoms with E-state index in [0.717, 1.165) is 96.3 Å². The molecular formula is C69H123N2O7P. The van der Waals surface area contributed by atoms with Crippen molar-refractivity contribution in [2.24, 2.45) is 0 Å². The molecule has 0 spiro atoms. The summed E-state index contributed by atoms with van der Waals surface area (Å²) in [5, 5.41) is 2.99. The molecule has 0 fully saturated rings. The lowest BCUT2D eigenvalue weighted by Gasteiger charge is -2.30. The summed E-state index contributed by atoms with van der Waals surface area (Å²) in [7, 11) is 1.15. The van der Waals surface area contributed by atoms with Crippen LogP contribution in [-0.4, -0.2) is 69.4 Å². The highest BCUT2D eigenvalue weighted by molar-refractivity contribution is 7.45. The minimum atomic E-state index is -4.72. The van der Waals surface area contributed by atoms with Gasteiger partial charge in [-0.05, 0) is 96.0 Å². The summed E-state index contributed by atoms with van der Waals surface area (Å²) in [6.45, 7) is 6.68. The third kappa shape index (κ3) is 59.4. The quantitative estimate of drug-likeness (QED) is 0.0212. The molecule has 0 aromatic heterocycles. The predicted octanol–water partition coefficient (Wildman–Crippen LogP) is 19.7. The lowest BCUT2D eigenvalue weighted by molar-refractivity contribution is -0.870. The molecule has 0 saturated heterocycles. The maximum absolute atomic E-state index is 13.5. The Bertz CT molecular complexity index is 1670. The number of likely N-dealkylation sites (N-methyl/N-ethyl adjacent to an activating group) is 1. The number of phosphoric ester groups is 1. The van der Waals surface area contributed by atoms with Gasteiger partial charge in [-0.3, -0.25) is 14.2 Å². The number of esters is 1. The number of unbranched alkanes of at least 4 members (excludes halogenated alkanes) is 28. The summed E-state index contributed by atoms with van der Waals surface area (Å²) in [6.07, 6.45) is 78.3. The molecule has 0 aromatic carbocycles. The van der Waals surface area contributed by atoms with Gasteiger partial charge < -0.3 is 28.5 Å². The summed E-state index contributed by atoms with van der Waals surface area (Å²) in [5.41, 5.74) is 0. The molecule has 0 aliphatic rings. The van der Waals surface area contributed by atoms with Gasteiger partial charge in [0.1, 0.15) is 19.3 Å². The third-order valence-electron chi connectivity index (χ3n) is 14.0. The fourth-order valence-corrected chi connectivity index (χ4v) is 9.73. The van der Waals surface area contributed by atoms with Gasteiger partial charge in [-0.25, -0.2) is 0 Å². The van der Waals surface area contributed by atoms with Crippen molar-refractivity contribution in [1.82, 2.24) is 5.32 Å². The Morgan fingerprint density at radius 1 is 0.456 bits per heavy atom. The number of quaternary nitrogens is 1. The molecule has 10 heteroatoms. The third-order valence-corrected chi connectivity index (χ3v) is 15.0. The van der Waals surface area contributed by atoms with Gasteiger partial charge in [0.25, 0.3) is 7.82 Å². The maximum atomic E-state index is 13.5. The van der Waals surface area contributed by atoms with Crippen LogP contribution in [0.4, 0.5) is 0 Å². The average molecular weight is 1120 g/mol. The lowest BCUT2D eigenvalue weighted by Crippen LogP contribution is -2.47. The van der Waals surface area contributed by atoms with Gasteiger partial charge in [-0.2, -0.15) is 0 Å². The number of allylic oxidation sites excluding steroid dienone is 15. The predicted molar refractivity (Wildman–Crippen MR) is 339 cm³/mol. The first-order valence-corrected chi connectivity index (χ1v) is 34.0. The van der Waals surface area contributed by atoms with E-state index in [1.807, 2.05) is 39.4 Å². The van der Waals surface area contributed by atoms with E-state index < -0.39 is 26.6 Å². The number of nitrogens with zero attached hydrogens (tertiary/aromatic N) is 1. The molecule has 3 unspecified atom stereocenters. The second-order valence-electron chi connectivity index (χ2n) is 22.9. The fraction of sp³-hybridized carbons (Fsp3) is 0.739. The van der Waals surface area contributed by atoms with Crippen molar-refractivity contribution in [1.29, 1.82) is 0 Å². The second-order valence-corrected chi connectivity index (χ2v) is 24.3. The first kappa shape index (κ1) is 75.9. The molecule has 3 atom stereocenters. The second kappa shape index (κ2) is 58.1. The van der Waals surface area contributed by atoms with E-state index in [-0.39, 0.29) is 31.3 Å². The molecule has 456 valence electrons. The molecule has 9 nitrogen and oxygen atoms in total. The number of carbonyl (C=O) groups excluding carboxylic acids is 2. The van der Waals surface area contributed by atoms with Gasteiger partial charge >= 0.3 is 5.97 Å². The number of ether oxygens (including phenoxy) is 1. The summed E-state index contributed by atoms with van der Waals surface area (Å²) >= 11 is 0. The summed E-state index contributed by atoms with van der Waals surface area (Å²) in [4.78, 5) is 40.0. The first-order valence-electron chi connectivity index (χ1n) is 32.5. The molecule has 0 heterocycles. The zero-order valence-electron chi connectivity index (χ0n) is 52.1. The van der Waals surface area contributed by atoms with Crippen LogP contribution in [0.3, 0.4) is 0 Å².